The van der Waals surface area contributed by atoms with Gasteiger partial charge in [0.05, 0.1) is 24.1 Å². The molecule has 0 spiro atoms. The van der Waals surface area contributed by atoms with Gasteiger partial charge in [0, 0.05) is 0 Å². The molecule has 2 aromatic carbocycles. The minimum Gasteiger partial charge on any atom is -0.493 e. The Balaban J connectivity index is 1.46. The van der Waals surface area contributed by atoms with Gasteiger partial charge in [0.2, 0.25) is 5.88 Å². The largest absolute Gasteiger partial charge is 0.493 e. The van der Waals surface area contributed by atoms with Crippen LogP contribution in [0.25, 0.3) is 10.9 Å². The van der Waals surface area contributed by atoms with Gasteiger partial charge in [-0.15, -0.1) is 0 Å². The van der Waals surface area contributed by atoms with Crippen LogP contribution < -0.4 is 9.47 Å². The fraction of sp³-hybridized carbons (Fsp3) is 0.333. The molecule has 0 fully saturated rings. The predicted octanol–water partition coefficient (Wildman–Crippen LogP) is 4.79. The molecule has 4 heteroatoms. The van der Waals surface area contributed by atoms with Crippen LogP contribution in [0.2, 0.25) is 0 Å². The average molecular weight is 336 g/mol. The highest BCUT2D eigenvalue weighted by molar-refractivity contribution is 5.82. The first-order chi connectivity index (χ1) is 12.1. The standard InChI is InChI=1S/C21H24N2O2/c1-15-12-16(2)20(17(3)13-15)24-10-6-7-11-25-21-18-8-4-5-9-19(18)22-14-23-21/h4-5,8-9,12-14H,6-7,10-11H2,1-3H3. The molecule has 130 valence electrons. The summed E-state index contributed by atoms with van der Waals surface area (Å²) in [5.74, 6) is 1.66. The summed E-state index contributed by atoms with van der Waals surface area (Å²) in [5.41, 5.74) is 4.57. The van der Waals surface area contributed by atoms with Crippen molar-refractivity contribution in [1.29, 1.82) is 0 Å². The fourth-order valence-corrected chi connectivity index (χ4v) is 3.04. The van der Waals surface area contributed by atoms with E-state index in [0.717, 1.165) is 29.5 Å². The van der Waals surface area contributed by atoms with Crippen molar-refractivity contribution >= 4 is 10.9 Å². The molecule has 0 bridgehead atoms. The van der Waals surface area contributed by atoms with E-state index in [4.69, 9.17) is 9.47 Å². The number of nitrogens with zero attached hydrogens (tertiary/aromatic N) is 2. The predicted molar refractivity (Wildman–Crippen MR) is 100 cm³/mol. The van der Waals surface area contributed by atoms with Crippen molar-refractivity contribution in [2.24, 2.45) is 0 Å². The van der Waals surface area contributed by atoms with Crippen molar-refractivity contribution in [1.82, 2.24) is 9.97 Å². The topological polar surface area (TPSA) is 44.2 Å². The zero-order valence-corrected chi connectivity index (χ0v) is 15.1. The number of para-hydroxylation sites is 1. The minimum atomic E-state index is 0.621. The number of aryl methyl sites for hydroxylation is 3. The molecular weight excluding hydrogens is 312 g/mol. The highest BCUT2D eigenvalue weighted by atomic mass is 16.5. The first-order valence-corrected chi connectivity index (χ1v) is 8.68. The number of hydrogen-bond donors (Lipinski definition) is 0. The lowest BCUT2D eigenvalue weighted by atomic mass is 10.1. The van der Waals surface area contributed by atoms with Crippen LogP contribution in [0.5, 0.6) is 11.6 Å². The van der Waals surface area contributed by atoms with E-state index in [1.165, 1.54) is 16.7 Å². The lowest BCUT2D eigenvalue weighted by molar-refractivity contribution is 0.261. The van der Waals surface area contributed by atoms with Gasteiger partial charge in [-0.1, -0.05) is 29.8 Å². The summed E-state index contributed by atoms with van der Waals surface area (Å²) in [6, 6.07) is 12.2. The summed E-state index contributed by atoms with van der Waals surface area (Å²) in [6.45, 7) is 7.62. The summed E-state index contributed by atoms with van der Waals surface area (Å²) in [6.07, 6.45) is 3.40. The van der Waals surface area contributed by atoms with E-state index in [2.05, 4.69) is 42.9 Å². The maximum Gasteiger partial charge on any atom is 0.224 e. The molecule has 0 amide bonds. The zero-order valence-electron chi connectivity index (χ0n) is 15.1. The van der Waals surface area contributed by atoms with E-state index < -0.39 is 0 Å². The summed E-state index contributed by atoms with van der Waals surface area (Å²) in [7, 11) is 0. The molecule has 0 N–H and O–H groups in total. The van der Waals surface area contributed by atoms with Crippen molar-refractivity contribution in [3.63, 3.8) is 0 Å². The van der Waals surface area contributed by atoms with Crippen LogP contribution in [0.4, 0.5) is 0 Å². The van der Waals surface area contributed by atoms with Gasteiger partial charge < -0.3 is 9.47 Å². The SMILES string of the molecule is Cc1cc(C)c(OCCCCOc2ncnc3ccccc23)c(C)c1. The Labute approximate surface area is 148 Å². The van der Waals surface area contributed by atoms with Crippen LogP contribution in [-0.4, -0.2) is 23.2 Å². The number of benzene rings is 2. The number of fused-ring (bicyclic) bond motifs is 1. The molecule has 3 aromatic rings. The maximum atomic E-state index is 5.96. The summed E-state index contributed by atoms with van der Waals surface area (Å²) >= 11 is 0. The highest BCUT2D eigenvalue weighted by Crippen LogP contribution is 2.25. The van der Waals surface area contributed by atoms with Crippen LogP contribution in [-0.2, 0) is 0 Å². The molecule has 1 aromatic heterocycles. The fourth-order valence-electron chi connectivity index (χ4n) is 3.04. The van der Waals surface area contributed by atoms with Crippen molar-refractivity contribution in [2.45, 2.75) is 33.6 Å². The quantitative estimate of drug-likeness (QED) is 0.582. The minimum absolute atomic E-state index is 0.621. The van der Waals surface area contributed by atoms with Crippen LogP contribution >= 0.6 is 0 Å². The van der Waals surface area contributed by atoms with E-state index in [9.17, 15) is 0 Å². The lowest BCUT2D eigenvalue weighted by Gasteiger charge is -2.13. The van der Waals surface area contributed by atoms with E-state index in [1.54, 1.807) is 6.33 Å². The first kappa shape index (κ1) is 17.2. The molecule has 0 unspecified atom stereocenters. The van der Waals surface area contributed by atoms with Crippen molar-refractivity contribution in [3.05, 3.63) is 59.4 Å². The second-order valence-electron chi connectivity index (χ2n) is 6.33. The third-order valence-electron chi connectivity index (χ3n) is 4.13. The Morgan fingerprint density at radius 1 is 0.840 bits per heavy atom. The van der Waals surface area contributed by atoms with Gasteiger partial charge >= 0.3 is 0 Å². The molecule has 0 aliphatic rings. The van der Waals surface area contributed by atoms with Gasteiger partial charge in [-0.25, -0.2) is 9.97 Å². The molecule has 0 aliphatic heterocycles. The van der Waals surface area contributed by atoms with Crippen molar-refractivity contribution in [2.75, 3.05) is 13.2 Å². The van der Waals surface area contributed by atoms with Crippen LogP contribution in [0.1, 0.15) is 29.5 Å². The Kier molecular flexibility index (Phi) is 5.49. The zero-order chi connectivity index (χ0) is 17.6. The van der Waals surface area contributed by atoms with Crippen LogP contribution in [0.3, 0.4) is 0 Å². The molecule has 0 saturated heterocycles. The number of ether oxygens (including phenoxy) is 2. The number of aromatic nitrogens is 2. The third kappa shape index (κ3) is 4.27. The van der Waals surface area contributed by atoms with Gasteiger partial charge in [0.1, 0.15) is 12.1 Å². The molecule has 0 atom stereocenters. The second-order valence-corrected chi connectivity index (χ2v) is 6.33. The monoisotopic (exact) mass is 336 g/mol. The molecule has 0 aliphatic carbocycles. The Hall–Kier alpha value is -2.62. The molecule has 4 nitrogen and oxygen atoms in total. The normalized spacial score (nSPS) is 10.8. The van der Waals surface area contributed by atoms with Gasteiger partial charge in [-0.2, -0.15) is 0 Å². The number of hydrogen-bond acceptors (Lipinski definition) is 4. The van der Waals surface area contributed by atoms with Gasteiger partial charge in [-0.05, 0) is 56.9 Å². The van der Waals surface area contributed by atoms with Crippen LogP contribution in [0, 0.1) is 20.8 Å². The second kappa shape index (κ2) is 7.97. The van der Waals surface area contributed by atoms with Gasteiger partial charge in [-0.3, -0.25) is 0 Å². The molecular formula is C21H24N2O2. The van der Waals surface area contributed by atoms with E-state index in [1.807, 2.05) is 24.3 Å². The number of rotatable bonds is 7. The van der Waals surface area contributed by atoms with E-state index in [-0.39, 0.29) is 0 Å². The molecule has 3 rings (SSSR count). The molecule has 1 heterocycles. The third-order valence-corrected chi connectivity index (χ3v) is 4.13. The van der Waals surface area contributed by atoms with E-state index in [0.29, 0.717) is 19.1 Å². The lowest BCUT2D eigenvalue weighted by Crippen LogP contribution is -2.05. The van der Waals surface area contributed by atoms with Gasteiger partial charge in [0.15, 0.2) is 0 Å². The Morgan fingerprint density at radius 3 is 2.28 bits per heavy atom. The van der Waals surface area contributed by atoms with Crippen molar-refractivity contribution in [3.8, 4) is 11.6 Å². The average Bonchev–Trinajstić information content (AvgIpc) is 2.59. The summed E-state index contributed by atoms with van der Waals surface area (Å²) < 4.78 is 11.8. The molecule has 0 radical (unpaired) electrons. The molecule has 25 heavy (non-hydrogen) atoms. The smallest absolute Gasteiger partial charge is 0.224 e. The van der Waals surface area contributed by atoms with E-state index >= 15 is 0 Å². The van der Waals surface area contributed by atoms with Crippen molar-refractivity contribution < 1.29 is 9.47 Å². The van der Waals surface area contributed by atoms with Crippen LogP contribution in [0.15, 0.2) is 42.7 Å². The Morgan fingerprint density at radius 2 is 1.52 bits per heavy atom. The summed E-state index contributed by atoms with van der Waals surface area (Å²) in [5, 5.41) is 0.951. The highest BCUT2D eigenvalue weighted by Gasteiger charge is 2.06. The number of unbranched alkanes of at least 4 members (excludes halogenated alkanes) is 1. The maximum absolute atomic E-state index is 5.96. The Bertz CT molecular complexity index is 833. The summed E-state index contributed by atoms with van der Waals surface area (Å²) in [4.78, 5) is 8.48. The van der Waals surface area contributed by atoms with Gasteiger partial charge in [0.25, 0.3) is 0 Å². The molecule has 0 saturated carbocycles. The first-order valence-electron chi connectivity index (χ1n) is 8.68.